The second-order valence-corrected chi connectivity index (χ2v) is 6.97. The van der Waals surface area contributed by atoms with Crippen LogP contribution in [0.25, 0.3) is 0 Å². The molecule has 0 saturated carbocycles. The summed E-state index contributed by atoms with van der Waals surface area (Å²) in [6.07, 6.45) is 0.579. The van der Waals surface area contributed by atoms with Crippen molar-refractivity contribution in [1.82, 2.24) is 0 Å². The molecular weight excluding hydrogens is 413 g/mol. The molecule has 1 atom stereocenters. The highest BCUT2D eigenvalue weighted by atomic mass is 35.5. The zero-order chi connectivity index (χ0) is 20.0. The summed E-state index contributed by atoms with van der Waals surface area (Å²) in [6.45, 7) is 3.53. The van der Waals surface area contributed by atoms with Crippen molar-refractivity contribution >= 4 is 52.4 Å². The van der Waals surface area contributed by atoms with Gasteiger partial charge in [0.2, 0.25) is 0 Å². The zero-order valence-electron chi connectivity index (χ0n) is 14.7. The summed E-state index contributed by atoms with van der Waals surface area (Å²) in [5, 5.41) is 3.49. The van der Waals surface area contributed by atoms with Crippen molar-refractivity contribution in [2.45, 2.75) is 26.4 Å². The summed E-state index contributed by atoms with van der Waals surface area (Å²) in [7, 11) is 0. The van der Waals surface area contributed by atoms with Crippen LogP contribution in [-0.2, 0) is 9.53 Å². The average molecular weight is 431 g/mol. The minimum atomic E-state index is -0.446. The number of anilines is 1. The van der Waals surface area contributed by atoms with Gasteiger partial charge in [0.1, 0.15) is 5.75 Å². The van der Waals surface area contributed by atoms with Crippen molar-refractivity contribution in [2.75, 3.05) is 11.9 Å². The number of carbonyl (C=O) groups excluding carboxylic acids is 2. The van der Waals surface area contributed by atoms with E-state index in [0.717, 1.165) is 6.42 Å². The first kappa shape index (κ1) is 21.4. The van der Waals surface area contributed by atoms with Crippen LogP contribution in [0, 0.1) is 0 Å². The van der Waals surface area contributed by atoms with Gasteiger partial charge in [-0.15, -0.1) is 0 Å². The van der Waals surface area contributed by atoms with Crippen molar-refractivity contribution in [3.05, 3.63) is 57.0 Å². The Bertz CT molecular complexity index is 801. The normalized spacial score (nSPS) is 11.6. The number of ether oxygens (including phenoxy) is 2. The van der Waals surface area contributed by atoms with Gasteiger partial charge in [0, 0.05) is 10.6 Å². The predicted molar refractivity (Wildman–Crippen MR) is 107 cm³/mol. The largest absolute Gasteiger partial charge is 0.482 e. The Morgan fingerprint density at radius 2 is 1.67 bits per heavy atom. The fraction of sp³-hybridized carbons (Fsp3) is 0.263. The molecule has 0 saturated heterocycles. The van der Waals surface area contributed by atoms with Gasteiger partial charge in [-0.3, -0.25) is 4.79 Å². The fourth-order valence-electron chi connectivity index (χ4n) is 2.03. The first-order valence-corrected chi connectivity index (χ1v) is 9.31. The predicted octanol–water partition coefficient (Wildman–Crippen LogP) is 5.62. The molecule has 0 aliphatic heterocycles. The molecule has 5 nitrogen and oxygen atoms in total. The van der Waals surface area contributed by atoms with Gasteiger partial charge in [-0.25, -0.2) is 4.79 Å². The van der Waals surface area contributed by atoms with Crippen LogP contribution in [0.3, 0.4) is 0 Å². The molecule has 1 N–H and O–H groups in total. The quantitative estimate of drug-likeness (QED) is 0.579. The van der Waals surface area contributed by atoms with E-state index in [0.29, 0.717) is 16.3 Å². The summed E-state index contributed by atoms with van der Waals surface area (Å²) in [4.78, 5) is 24.0. The first-order chi connectivity index (χ1) is 12.8. The summed E-state index contributed by atoms with van der Waals surface area (Å²) in [5.41, 5.74) is 0.646. The minimum absolute atomic E-state index is 0.154. The van der Waals surface area contributed by atoms with Gasteiger partial charge in [0.15, 0.2) is 6.61 Å². The van der Waals surface area contributed by atoms with E-state index >= 15 is 0 Å². The molecular formula is C19H18Cl3NO4. The van der Waals surface area contributed by atoms with Gasteiger partial charge in [0.05, 0.1) is 21.8 Å². The third-order valence-electron chi connectivity index (χ3n) is 3.63. The highest BCUT2D eigenvalue weighted by Crippen LogP contribution is 2.34. The molecule has 8 heteroatoms. The molecule has 1 unspecified atom stereocenters. The minimum Gasteiger partial charge on any atom is -0.482 e. The van der Waals surface area contributed by atoms with Gasteiger partial charge in [-0.2, -0.15) is 0 Å². The van der Waals surface area contributed by atoms with Crippen molar-refractivity contribution in [2.24, 2.45) is 0 Å². The van der Waals surface area contributed by atoms with E-state index in [2.05, 4.69) is 5.32 Å². The molecule has 0 fully saturated rings. The lowest BCUT2D eigenvalue weighted by atomic mass is 10.2. The van der Waals surface area contributed by atoms with E-state index in [1.165, 1.54) is 12.1 Å². The van der Waals surface area contributed by atoms with Crippen LogP contribution in [0.1, 0.15) is 30.6 Å². The molecule has 0 bridgehead atoms. The second kappa shape index (κ2) is 9.83. The smallest absolute Gasteiger partial charge is 0.344 e. The topological polar surface area (TPSA) is 64.6 Å². The van der Waals surface area contributed by atoms with Crippen LogP contribution in [0.4, 0.5) is 5.69 Å². The maximum Gasteiger partial charge on any atom is 0.344 e. The second-order valence-electron chi connectivity index (χ2n) is 5.72. The van der Waals surface area contributed by atoms with Gasteiger partial charge in [-0.05, 0) is 49.7 Å². The van der Waals surface area contributed by atoms with Gasteiger partial charge in [-0.1, -0.05) is 41.7 Å². The van der Waals surface area contributed by atoms with Gasteiger partial charge < -0.3 is 14.8 Å². The maximum atomic E-state index is 12.4. The fourth-order valence-corrected chi connectivity index (χ4v) is 2.95. The van der Waals surface area contributed by atoms with Crippen LogP contribution in [0.15, 0.2) is 36.4 Å². The van der Waals surface area contributed by atoms with E-state index in [-0.39, 0.29) is 28.4 Å². The molecule has 1 amide bonds. The molecule has 144 valence electrons. The van der Waals surface area contributed by atoms with E-state index < -0.39 is 11.9 Å². The van der Waals surface area contributed by atoms with E-state index in [1.807, 2.05) is 13.8 Å². The van der Waals surface area contributed by atoms with Crippen LogP contribution in [0.2, 0.25) is 15.1 Å². The Balaban J connectivity index is 1.97. The first-order valence-electron chi connectivity index (χ1n) is 8.18. The molecule has 0 aromatic heterocycles. The Kier molecular flexibility index (Phi) is 7.78. The number of carbonyl (C=O) groups is 2. The summed E-state index contributed by atoms with van der Waals surface area (Å²) < 4.78 is 10.5. The third kappa shape index (κ3) is 6.31. The highest BCUT2D eigenvalue weighted by Gasteiger charge is 2.13. The lowest BCUT2D eigenvalue weighted by Gasteiger charge is -2.12. The SMILES string of the molecule is CCC(C)OC(=O)COc1ccc(C(=O)Nc2c(Cl)cc(Cl)cc2Cl)cc1. The Hall–Kier alpha value is -1.95. The summed E-state index contributed by atoms with van der Waals surface area (Å²) in [5.74, 6) is -0.405. The summed E-state index contributed by atoms with van der Waals surface area (Å²) in [6, 6.07) is 9.25. The zero-order valence-corrected chi connectivity index (χ0v) is 17.0. The standard InChI is InChI=1S/C19H18Cl3NO4/c1-3-11(2)27-17(24)10-26-14-6-4-12(5-7-14)19(25)23-18-15(21)8-13(20)9-16(18)22/h4-9,11H,3,10H2,1-2H3,(H,23,25). The lowest BCUT2D eigenvalue weighted by Crippen LogP contribution is -2.20. The number of amides is 1. The van der Waals surface area contributed by atoms with Crippen LogP contribution in [-0.4, -0.2) is 24.6 Å². The average Bonchev–Trinajstić information content (AvgIpc) is 2.63. The van der Waals surface area contributed by atoms with Gasteiger partial charge >= 0.3 is 5.97 Å². The van der Waals surface area contributed by atoms with E-state index in [1.54, 1.807) is 24.3 Å². The number of esters is 1. The number of benzene rings is 2. The van der Waals surface area contributed by atoms with Gasteiger partial charge in [0.25, 0.3) is 5.91 Å². The number of nitrogens with one attached hydrogen (secondary N) is 1. The van der Waals surface area contributed by atoms with E-state index in [4.69, 9.17) is 44.3 Å². The Morgan fingerprint density at radius 3 is 2.22 bits per heavy atom. The Morgan fingerprint density at radius 1 is 1.07 bits per heavy atom. The molecule has 0 radical (unpaired) electrons. The van der Waals surface area contributed by atoms with Crippen molar-refractivity contribution in [3.63, 3.8) is 0 Å². The number of halogens is 3. The van der Waals surface area contributed by atoms with Crippen molar-refractivity contribution < 1.29 is 19.1 Å². The number of rotatable bonds is 7. The number of hydrogen-bond acceptors (Lipinski definition) is 4. The summed E-state index contributed by atoms with van der Waals surface area (Å²) >= 11 is 18.0. The van der Waals surface area contributed by atoms with E-state index in [9.17, 15) is 9.59 Å². The highest BCUT2D eigenvalue weighted by molar-refractivity contribution is 6.42. The van der Waals surface area contributed by atoms with Crippen LogP contribution in [0.5, 0.6) is 5.75 Å². The van der Waals surface area contributed by atoms with Crippen molar-refractivity contribution in [3.8, 4) is 5.75 Å². The lowest BCUT2D eigenvalue weighted by molar-refractivity contribution is -0.150. The van der Waals surface area contributed by atoms with Crippen molar-refractivity contribution in [1.29, 1.82) is 0 Å². The van der Waals surface area contributed by atoms with Crippen LogP contribution >= 0.6 is 34.8 Å². The van der Waals surface area contributed by atoms with Crippen LogP contribution < -0.4 is 10.1 Å². The molecule has 0 spiro atoms. The molecule has 0 aliphatic rings. The third-order valence-corrected chi connectivity index (χ3v) is 4.44. The molecule has 2 aromatic rings. The number of hydrogen-bond donors (Lipinski definition) is 1. The molecule has 2 rings (SSSR count). The molecule has 27 heavy (non-hydrogen) atoms. The molecule has 2 aromatic carbocycles. The molecule has 0 heterocycles. The molecule has 0 aliphatic carbocycles. The maximum absolute atomic E-state index is 12.4. The Labute approximate surface area is 172 Å². The monoisotopic (exact) mass is 429 g/mol.